The molecule has 0 aliphatic rings. The SMILES string of the molecule is COC(=O)[C@H](CCSC)NC(=O)[C@H](Cc1cn(C(c2ccccc2)(c2ccccc2)c2ccccc2)cn1)NC(=O)[C@H](C)N(C(=O)OC(C)(C)C)c1ccc(C)cc1. The first-order valence-corrected chi connectivity index (χ1v) is 20.6. The van der Waals surface area contributed by atoms with Crippen LogP contribution in [-0.2, 0) is 35.8 Å². The van der Waals surface area contributed by atoms with Crippen molar-refractivity contribution in [1.29, 1.82) is 0 Å². The average Bonchev–Trinajstić information content (AvgIpc) is 3.69. The highest BCUT2D eigenvalue weighted by atomic mass is 32.2. The molecule has 2 N–H and O–H groups in total. The largest absolute Gasteiger partial charge is 0.467 e. The smallest absolute Gasteiger partial charge is 0.415 e. The van der Waals surface area contributed by atoms with Crippen LogP contribution < -0.4 is 15.5 Å². The zero-order chi connectivity index (χ0) is 41.9. The Balaban J connectivity index is 1.56. The van der Waals surface area contributed by atoms with Gasteiger partial charge in [0.05, 0.1) is 19.1 Å². The molecule has 12 heteroatoms. The van der Waals surface area contributed by atoms with Crippen molar-refractivity contribution in [2.75, 3.05) is 24.0 Å². The van der Waals surface area contributed by atoms with E-state index in [-0.39, 0.29) is 6.42 Å². The summed E-state index contributed by atoms with van der Waals surface area (Å²) in [7, 11) is 1.27. The molecule has 1 heterocycles. The van der Waals surface area contributed by atoms with Crippen LogP contribution in [0.3, 0.4) is 0 Å². The normalized spacial score (nSPS) is 13.1. The number of esters is 1. The van der Waals surface area contributed by atoms with Crippen molar-refractivity contribution in [1.82, 2.24) is 20.2 Å². The molecule has 0 saturated heterocycles. The number of nitrogens with zero attached hydrogens (tertiary/aromatic N) is 3. The van der Waals surface area contributed by atoms with Gasteiger partial charge in [-0.3, -0.25) is 14.5 Å². The van der Waals surface area contributed by atoms with Gasteiger partial charge in [-0.15, -0.1) is 0 Å². The summed E-state index contributed by atoms with van der Waals surface area (Å²) in [6.07, 6.45) is 5.08. The van der Waals surface area contributed by atoms with E-state index in [1.807, 2.05) is 90.7 Å². The Kier molecular flexibility index (Phi) is 14.6. The van der Waals surface area contributed by atoms with Crippen LogP contribution in [0.5, 0.6) is 0 Å². The molecular weight excluding hydrogens is 751 g/mol. The number of amides is 3. The molecule has 0 aliphatic heterocycles. The first-order valence-electron chi connectivity index (χ1n) is 19.2. The lowest BCUT2D eigenvalue weighted by Crippen LogP contribution is -2.57. The van der Waals surface area contributed by atoms with E-state index in [1.165, 1.54) is 23.8 Å². The summed E-state index contributed by atoms with van der Waals surface area (Å²) in [5.74, 6) is -1.23. The molecule has 11 nitrogen and oxygen atoms in total. The predicted molar refractivity (Wildman–Crippen MR) is 229 cm³/mol. The summed E-state index contributed by atoms with van der Waals surface area (Å²) >= 11 is 1.53. The fraction of sp³-hybridized carbons (Fsp3) is 0.326. The third kappa shape index (κ3) is 10.3. The van der Waals surface area contributed by atoms with Crippen LogP contribution in [-0.4, -0.2) is 76.3 Å². The molecular formula is C46H53N5O6S. The van der Waals surface area contributed by atoms with Gasteiger partial charge in [0.25, 0.3) is 0 Å². The predicted octanol–water partition coefficient (Wildman–Crippen LogP) is 7.30. The number of thioether (sulfide) groups is 1. The zero-order valence-corrected chi connectivity index (χ0v) is 35.0. The molecule has 0 unspecified atom stereocenters. The molecule has 1 aromatic heterocycles. The van der Waals surface area contributed by atoms with E-state index < -0.39 is 53.1 Å². The lowest BCUT2D eigenvalue weighted by Gasteiger charge is -2.37. The Bertz CT molecular complexity index is 2020. The fourth-order valence-corrected chi connectivity index (χ4v) is 7.34. The lowest BCUT2D eigenvalue weighted by atomic mass is 9.77. The van der Waals surface area contributed by atoms with Gasteiger partial charge in [-0.05, 0) is 81.9 Å². The number of imidazole rings is 1. The molecule has 58 heavy (non-hydrogen) atoms. The van der Waals surface area contributed by atoms with E-state index in [4.69, 9.17) is 14.5 Å². The summed E-state index contributed by atoms with van der Waals surface area (Å²) in [5.41, 5.74) is 3.18. The van der Waals surface area contributed by atoms with Gasteiger partial charge in [0.2, 0.25) is 11.8 Å². The van der Waals surface area contributed by atoms with Crippen LogP contribution in [0.2, 0.25) is 0 Å². The summed E-state index contributed by atoms with van der Waals surface area (Å²) < 4.78 is 12.8. The molecule has 3 amide bonds. The molecule has 0 saturated carbocycles. The minimum absolute atomic E-state index is 0.0425. The van der Waals surface area contributed by atoms with Gasteiger partial charge >= 0.3 is 12.1 Å². The van der Waals surface area contributed by atoms with Crippen LogP contribution in [0, 0.1) is 6.92 Å². The number of anilines is 1. The number of carbonyl (C=O) groups excluding carboxylic acids is 4. The number of aryl methyl sites for hydroxylation is 1. The minimum atomic E-state index is -1.21. The molecule has 0 aliphatic carbocycles. The minimum Gasteiger partial charge on any atom is -0.467 e. The van der Waals surface area contributed by atoms with Crippen molar-refractivity contribution in [3.63, 3.8) is 0 Å². The summed E-state index contributed by atoms with van der Waals surface area (Å²) in [6.45, 7) is 8.75. The number of methoxy groups -OCH3 is 1. The van der Waals surface area contributed by atoms with Gasteiger partial charge in [-0.2, -0.15) is 11.8 Å². The number of hydrogen-bond donors (Lipinski definition) is 2. The Morgan fingerprint density at radius 3 is 1.78 bits per heavy atom. The van der Waals surface area contributed by atoms with E-state index in [1.54, 1.807) is 46.2 Å². The summed E-state index contributed by atoms with van der Waals surface area (Å²) in [5, 5.41) is 5.72. The van der Waals surface area contributed by atoms with Crippen molar-refractivity contribution in [3.05, 3.63) is 156 Å². The van der Waals surface area contributed by atoms with Crippen LogP contribution in [0.4, 0.5) is 10.5 Å². The van der Waals surface area contributed by atoms with Crippen molar-refractivity contribution in [2.24, 2.45) is 0 Å². The highest BCUT2D eigenvalue weighted by molar-refractivity contribution is 7.98. The maximum atomic E-state index is 14.3. The molecule has 0 spiro atoms. The molecule has 5 rings (SSSR count). The maximum Gasteiger partial charge on any atom is 0.415 e. The molecule has 5 aromatic rings. The monoisotopic (exact) mass is 803 g/mol. The molecule has 4 aromatic carbocycles. The number of ether oxygens (including phenoxy) is 2. The quantitative estimate of drug-likeness (QED) is 0.0786. The number of nitrogens with one attached hydrogen (secondary N) is 2. The first-order chi connectivity index (χ1) is 27.8. The van der Waals surface area contributed by atoms with E-state index in [0.29, 0.717) is 23.6 Å². The Morgan fingerprint density at radius 1 is 0.776 bits per heavy atom. The van der Waals surface area contributed by atoms with E-state index >= 15 is 0 Å². The van der Waals surface area contributed by atoms with Gasteiger partial charge in [0.1, 0.15) is 29.3 Å². The molecule has 0 bridgehead atoms. The first kappa shape index (κ1) is 43.2. The van der Waals surface area contributed by atoms with Gasteiger partial charge in [-0.25, -0.2) is 14.6 Å². The third-order valence-electron chi connectivity index (χ3n) is 9.73. The molecule has 304 valence electrons. The van der Waals surface area contributed by atoms with E-state index in [2.05, 4.69) is 47.0 Å². The van der Waals surface area contributed by atoms with E-state index in [0.717, 1.165) is 22.3 Å². The summed E-state index contributed by atoms with van der Waals surface area (Å²) in [4.78, 5) is 61.2. The maximum absolute atomic E-state index is 14.3. The second kappa shape index (κ2) is 19.5. The lowest BCUT2D eigenvalue weighted by molar-refractivity contribution is -0.145. The fourth-order valence-electron chi connectivity index (χ4n) is 6.87. The standard InChI is InChI=1S/C46H53N5O6S/c1-32-23-25-38(26-24-32)51(44(55)57-45(3,4)5)33(2)41(52)49-40(42(53)48-39(27-28-58-7)43(54)56-6)29-37-30-50(31-47-37)46(34-17-11-8-12-18-34,35-19-13-9-14-20-35)36-21-15-10-16-22-36/h8-26,30-31,33,39-40H,27-29H2,1-7H3,(H,48,53)(H,49,52)/t33-,39-,40-/m0/s1. The Hall–Kier alpha value is -5.88. The molecule has 3 atom stereocenters. The molecule has 0 radical (unpaired) electrons. The van der Waals surface area contributed by atoms with Crippen LogP contribution in [0.25, 0.3) is 0 Å². The number of carbonyl (C=O) groups is 4. The zero-order valence-electron chi connectivity index (χ0n) is 34.2. The van der Waals surface area contributed by atoms with Crippen molar-refractivity contribution in [2.45, 2.75) is 76.7 Å². The Labute approximate surface area is 345 Å². The Morgan fingerprint density at radius 2 is 1.29 bits per heavy atom. The average molecular weight is 804 g/mol. The van der Waals surface area contributed by atoms with Gasteiger partial charge in [-0.1, -0.05) is 109 Å². The topological polar surface area (TPSA) is 132 Å². The summed E-state index contributed by atoms with van der Waals surface area (Å²) in [6, 6.07) is 34.2. The van der Waals surface area contributed by atoms with Crippen LogP contribution in [0.1, 0.15) is 62.1 Å². The van der Waals surface area contributed by atoms with Crippen molar-refractivity contribution in [3.8, 4) is 0 Å². The van der Waals surface area contributed by atoms with Gasteiger partial charge < -0.3 is 24.7 Å². The number of hydrogen-bond acceptors (Lipinski definition) is 8. The highest BCUT2D eigenvalue weighted by Gasteiger charge is 2.39. The van der Waals surface area contributed by atoms with Crippen molar-refractivity contribution >= 4 is 41.3 Å². The third-order valence-corrected chi connectivity index (χ3v) is 10.4. The van der Waals surface area contributed by atoms with Gasteiger partial charge in [0.15, 0.2) is 0 Å². The molecule has 0 fully saturated rings. The number of rotatable bonds is 16. The van der Waals surface area contributed by atoms with Crippen molar-refractivity contribution < 1.29 is 28.7 Å². The van der Waals surface area contributed by atoms with Crippen LogP contribution >= 0.6 is 11.8 Å². The number of aromatic nitrogens is 2. The van der Waals surface area contributed by atoms with E-state index in [9.17, 15) is 19.2 Å². The highest BCUT2D eigenvalue weighted by Crippen LogP contribution is 2.41. The second-order valence-electron chi connectivity index (χ2n) is 15.1. The second-order valence-corrected chi connectivity index (χ2v) is 16.1. The number of benzene rings is 4. The van der Waals surface area contributed by atoms with Crippen LogP contribution in [0.15, 0.2) is 128 Å². The van der Waals surface area contributed by atoms with Gasteiger partial charge in [0, 0.05) is 18.3 Å².